The molecule has 1 heterocycles. The van der Waals surface area contributed by atoms with Gasteiger partial charge in [-0.1, -0.05) is 35.9 Å². The fourth-order valence-corrected chi connectivity index (χ4v) is 2.79. The van der Waals surface area contributed by atoms with Crippen LogP contribution in [0, 0.1) is 12.7 Å². The largest absolute Gasteiger partial charge is 0.332 e. The maximum absolute atomic E-state index is 13.1. The molecule has 0 amide bonds. The summed E-state index contributed by atoms with van der Waals surface area (Å²) >= 11 is 11.4. The SMILES string of the molecule is Cc1ccccc1NC(=S)Nc1cnn(Cc2ccc(F)cc2Cl)c1. The Morgan fingerprint density at radius 1 is 1.24 bits per heavy atom. The molecule has 0 saturated heterocycles. The number of para-hydroxylation sites is 1. The lowest BCUT2D eigenvalue weighted by molar-refractivity contribution is 0.624. The van der Waals surface area contributed by atoms with Crippen molar-refractivity contribution in [1.82, 2.24) is 9.78 Å². The number of anilines is 2. The van der Waals surface area contributed by atoms with Gasteiger partial charge in [-0.2, -0.15) is 5.10 Å². The van der Waals surface area contributed by atoms with Gasteiger partial charge in [0.1, 0.15) is 5.82 Å². The molecule has 0 radical (unpaired) electrons. The molecule has 0 aliphatic carbocycles. The molecule has 3 aromatic rings. The molecular formula is C18H16ClFN4S. The molecule has 1 aromatic heterocycles. The Kier molecular flexibility index (Phi) is 5.31. The molecule has 0 spiro atoms. The van der Waals surface area contributed by atoms with Crippen LogP contribution in [-0.4, -0.2) is 14.9 Å². The number of hydrogen-bond donors (Lipinski definition) is 2. The lowest BCUT2D eigenvalue weighted by Gasteiger charge is -2.11. The zero-order chi connectivity index (χ0) is 17.8. The minimum Gasteiger partial charge on any atom is -0.332 e. The summed E-state index contributed by atoms with van der Waals surface area (Å²) in [4.78, 5) is 0. The van der Waals surface area contributed by atoms with Gasteiger partial charge in [0.05, 0.1) is 18.4 Å². The molecule has 25 heavy (non-hydrogen) atoms. The van der Waals surface area contributed by atoms with E-state index in [4.69, 9.17) is 23.8 Å². The summed E-state index contributed by atoms with van der Waals surface area (Å²) in [6, 6.07) is 12.2. The fourth-order valence-electron chi connectivity index (χ4n) is 2.34. The predicted molar refractivity (Wildman–Crippen MR) is 104 cm³/mol. The van der Waals surface area contributed by atoms with E-state index in [1.165, 1.54) is 12.1 Å². The Morgan fingerprint density at radius 2 is 2.04 bits per heavy atom. The number of hydrogen-bond acceptors (Lipinski definition) is 2. The highest BCUT2D eigenvalue weighted by atomic mass is 35.5. The summed E-state index contributed by atoms with van der Waals surface area (Å²) < 4.78 is 14.8. The molecule has 0 bridgehead atoms. The van der Waals surface area contributed by atoms with Crippen molar-refractivity contribution in [3.05, 3.63) is 76.8 Å². The van der Waals surface area contributed by atoms with Crippen molar-refractivity contribution in [2.75, 3.05) is 10.6 Å². The van der Waals surface area contributed by atoms with Crippen molar-refractivity contribution < 1.29 is 4.39 Å². The Morgan fingerprint density at radius 3 is 2.80 bits per heavy atom. The van der Waals surface area contributed by atoms with E-state index in [2.05, 4.69) is 15.7 Å². The number of aromatic nitrogens is 2. The van der Waals surface area contributed by atoms with E-state index in [1.54, 1.807) is 16.9 Å². The smallest absolute Gasteiger partial charge is 0.175 e. The van der Waals surface area contributed by atoms with E-state index in [0.29, 0.717) is 16.7 Å². The molecule has 0 aliphatic heterocycles. The van der Waals surface area contributed by atoms with Crippen LogP contribution < -0.4 is 10.6 Å². The highest BCUT2D eigenvalue weighted by molar-refractivity contribution is 7.80. The summed E-state index contributed by atoms with van der Waals surface area (Å²) in [5.41, 5.74) is 3.60. The van der Waals surface area contributed by atoms with Crippen molar-refractivity contribution in [3.63, 3.8) is 0 Å². The first kappa shape index (κ1) is 17.4. The topological polar surface area (TPSA) is 41.9 Å². The number of nitrogens with zero attached hydrogens (tertiary/aromatic N) is 2. The van der Waals surface area contributed by atoms with E-state index in [0.717, 1.165) is 22.5 Å². The van der Waals surface area contributed by atoms with Gasteiger partial charge in [0.15, 0.2) is 5.11 Å². The zero-order valence-electron chi connectivity index (χ0n) is 13.5. The van der Waals surface area contributed by atoms with Gasteiger partial charge in [-0.15, -0.1) is 0 Å². The van der Waals surface area contributed by atoms with Crippen LogP contribution >= 0.6 is 23.8 Å². The highest BCUT2D eigenvalue weighted by Gasteiger charge is 2.06. The molecular weight excluding hydrogens is 359 g/mol. The molecule has 4 nitrogen and oxygen atoms in total. The third-order valence-corrected chi connectivity index (χ3v) is 4.19. The number of thiocarbonyl (C=S) groups is 1. The van der Waals surface area contributed by atoms with Crippen LogP contribution in [-0.2, 0) is 6.54 Å². The minimum absolute atomic E-state index is 0.357. The Balaban J connectivity index is 1.63. The van der Waals surface area contributed by atoms with Crippen LogP contribution in [0.2, 0.25) is 5.02 Å². The first-order chi connectivity index (χ1) is 12.0. The number of aryl methyl sites for hydroxylation is 1. The molecule has 0 saturated carbocycles. The Labute approximate surface area is 155 Å². The Hall–Kier alpha value is -2.44. The molecule has 128 valence electrons. The molecule has 2 aromatic carbocycles. The van der Waals surface area contributed by atoms with Gasteiger partial charge in [0.25, 0.3) is 0 Å². The first-order valence-electron chi connectivity index (χ1n) is 7.61. The minimum atomic E-state index is -0.357. The van der Waals surface area contributed by atoms with Gasteiger partial charge in [-0.05, 0) is 48.5 Å². The first-order valence-corrected chi connectivity index (χ1v) is 8.40. The van der Waals surface area contributed by atoms with Crippen LogP contribution in [0.1, 0.15) is 11.1 Å². The summed E-state index contributed by atoms with van der Waals surface area (Å²) in [7, 11) is 0. The second-order valence-electron chi connectivity index (χ2n) is 5.56. The van der Waals surface area contributed by atoms with E-state index in [1.807, 2.05) is 37.4 Å². The summed E-state index contributed by atoms with van der Waals surface area (Å²) in [5, 5.41) is 11.4. The summed E-state index contributed by atoms with van der Waals surface area (Å²) in [5.74, 6) is -0.357. The van der Waals surface area contributed by atoms with Crippen LogP contribution in [0.3, 0.4) is 0 Å². The monoisotopic (exact) mass is 374 g/mol. The molecule has 0 unspecified atom stereocenters. The van der Waals surface area contributed by atoms with Crippen molar-refractivity contribution in [2.24, 2.45) is 0 Å². The van der Waals surface area contributed by atoms with Crippen molar-refractivity contribution in [1.29, 1.82) is 0 Å². The van der Waals surface area contributed by atoms with Crippen LogP contribution in [0.4, 0.5) is 15.8 Å². The second kappa shape index (κ2) is 7.63. The van der Waals surface area contributed by atoms with Gasteiger partial charge in [0, 0.05) is 16.9 Å². The van der Waals surface area contributed by atoms with Gasteiger partial charge < -0.3 is 10.6 Å². The Bertz CT molecular complexity index is 910. The predicted octanol–water partition coefficient (Wildman–Crippen LogP) is 4.84. The van der Waals surface area contributed by atoms with Crippen molar-refractivity contribution in [2.45, 2.75) is 13.5 Å². The van der Waals surface area contributed by atoms with E-state index in [-0.39, 0.29) is 5.82 Å². The van der Waals surface area contributed by atoms with Crippen LogP contribution in [0.25, 0.3) is 0 Å². The average molecular weight is 375 g/mol. The van der Waals surface area contributed by atoms with Crippen molar-refractivity contribution in [3.8, 4) is 0 Å². The zero-order valence-corrected chi connectivity index (χ0v) is 15.0. The van der Waals surface area contributed by atoms with Gasteiger partial charge in [-0.25, -0.2) is 4.39 Å². The highest BCUT2D eigenvalue weighted by Crippen LogP contribution is 2.19. The van der Waals surface area contributed by atoms with Gasteiger partial charge >= 0.3 is 0 Å². The number of nitrogens with one attached hydrogen (secondary N) is 2. The van der Waals surface area contributed by atoms with Gasteiger partial charge in [0.2, 0.25) is 0 Å². The van der Waals surface area contributed by atoms with E-state index in [9.17, 15) is 4.39 Å². The number of benzene rings is 2. The molecule has 2 N–H and O–H groups in total. The van der Waals surface area contributed by atoms with Crippen LogP contribution in [0.5, 0.6) is 0 Å². The van der Waals surface area contributed by atoms with Gasteiger partial charge in [-0.3, -0.25) is 4.68 Å². The molecule has 0 fully saturated rings. The van der Waals surface area contributed by atoms with Crippen LogP contribution in [0.15, 0.2) is 54.9 Å². The molecule has 3 rings (SSSR count). The van der Waals surface area contributed by atoms with Crippen molar-refractivity contribution >= 4 is 40.3 Å². The standard InChI is InChI=1S/C18H16ClFN4S/c1-12-4-2-3-5-17(12)23-18(25)22-15-9-21-24(11-15)10-13-6-7-14(20)8-16(13)19/h2-9,11H,10H2,1H3,(H2,22,23,25). The normalized spacial score (nSPS) is 10.5. The summed E-state index contributed by atoms with van der Waals surface area (Å²) in [6.45, 7) is 2.45. The summed E-state index contributed by atoms with van der Waals surface area (Å²) in [6.07, 6.45) is 3.48. The average Bonchev–Trinajstić information content (AvgIpc) is 2.99. The fraction of sp³-hybridized carbons (Fsp3) is 0.111. The third-order valence-electron chi connectivity index (χ3n) is 3.63. The van der Waals surface area contributed by atoms with E-state index < -0.39 is 0 Å². The maximum atomic E-state index is 13.1. The quantitative estimate of drug-likeness (QED) is 0.641. The molecule has 0 atom stereocenters. The second-order valence-corrected chi connectivity index (χ2v) is 6.37. The molecule has 7 heteroatoms. The lowest BCUT2D eigenvalue weighted by Crippen LogP contribution is -2.19. The van der Waals surface area contributed by atoms with E-state index >= 15 is 0 Å². The lowest BCUT2D eigenvalue weighted by atomic mass is 10.2. The number of halogens is 2. The maximum Gasteiger partial charge on any atom is 0.175 e. The number of rotatable bonds is 4. The third kappa shape index (κ3) is 4.55. The molecule has 0 aliphatic rings.